The number of hydrogen-bond acceptors (Lipinski definition) is 7. The summed E-state index contributed by atoms with van der Waals surface area (Å²) in [7, 11) is 4.53. The molecule has 3 aromatic rings. The van der Waals surface area contributed by atoms with Gasteiger partial charge in [0.2, 0.25) is 0 Å². The first-order valence-electron chi connectivity index (χ1n) is 8.10. The highest BCUT2D eigenvalue weighted by molar-refractivity contribution is 7.99. The third-order valence-electron chi connectivity index (χ3n) is 3.84. The minimum absolute atomic E-state index is 0.146. The van der Waals surface area contributed by atoms with Crippen LogP contribution in [-0.2, 0) is 9.53 Å². The van der Waals surface area contributed by atoms with E-state index in [4.69, 9.17) is 14.2 Å². The first kappa shape index (κ1) is 18.8. The Kier molecular flexibility index (Phi) is 5.97. The molecule has 0 radical (unpaired) electrons. The molecule has 0 atom stereocenters. The van der Waals surface area contributed by atoms with E-state index in [1.54, 1.807) is 14.2 Å². The van der Waals surface area contributed by atoms with Crippen molar-refractivity contribution in [3.05, 3.63) is 48.5 Å². The van der Waals surface area contributed by atoms with E-state index < -0.39 is 0 Å². The lowest BCUT2D eigenvalue weighted by atomic mass is 10.2. The number of aromatic nitrogens is 3. The van der Waals surface area contributed by atoms with Crippen molar-refractivity contribution in [2.75, 3.05) is 27.1 Å². The van der Waals surface area contributed by atoms with Gasteiger partial charge in [-0.3, -0.25) is 9.36 Å². The van der Waals surface area contributed by atoms with Crippen LogP contribution in [0.3, 0.4) is 0 Å². The van der Waals surface area contributed by atoms with Crippen molar-refractivity contribution < 1.29 is 19.0 Å². The summed E-state index contributed by atoms with van der Waals surface area (Å²) in [4.78, 5) is 11.5. The van der Waals surface area contributed by atoms with Gasteiger partial charge >= 0.3 is 5.97 Å². The van der Waals surface area contributed by atoms with Crippen molar-refractivity contribution in [1.82, 2.24) is 14.8 Å². The predicted octanol–water partition coefficient (Wildman–Crippen LogP) is 3.22. The molecule has 0 aliphatic heterocycles. The van der Waals surface area contributed by atoms with E-state index in [0.29, 0.717) is 22.5 Å². The summed E-state index contributed by atoms with van der Waals surface area (Å²) in [6.07, 6.45) is 0. The minimum Gasteiger partial charge on any atom is -0.493 e. The first-order chi connectivity index (χ1) is 13.2. The zero-order chi connectivity index (χ0) is 19.2. The van der Waals surface area contributed by atoms with E-state index in [1.165, 1.54) is 18.9 Å². The van der Waals surface area contributed by atoms with Crippen LogP contribution in [0.15, 0.2) is 53.7 Å². The van der Waals surface area contributed by atoms with Gasteiger partial charge in [0, 0.05) is 11.3 Å². The molecule has 0 unspecified atom stereocenters. The average Bonchev–Trinajstić information content (AvgIpc) is 3.15. The maximum Gasteiger partial charge on any atom is 0.316 e. The summed E-state index contributed by atoms with van der Waals surface area (Å²) in [6.45, 7) is 0. The van der Waals surface area contributed by atoms with Gasteiger partial charge in [0.1, 0.15) is 0 Å². The molecule has 140 valence electrons. The highest BCUT2D eigenvalue weighted by Gasteiger charge is 2.18. The number of nitrogens with zero attached hydrogens (tertiary/aromatic N) is 3. The van der Waals surface area contributed by atoms with Crippen LogP contribution in [0.4, 0.5) is 0 Å². The Balaban J connectivity index is 2.08. The molecule has 0 saturated heterocycles. The van der Waals surface area contributed by atoms with Crippen LogP contribution in [-0.4, -0.2) is 47.8 Å². The molecule has 0 aliphatic carbocycles. The third kappa shape index (κ3) is 4.06. The van der Waals surface area contributed by atoms with Gasteiger partial charge in [0.15, 0.2) is 22.5 Å². The molecular formula is C19H19N3O4S. The molecule has 0 spiro atoms. The molecule has 3 rings (SSSR count). The van der Waals surface area contributed by atoms with Gasteiger partial charge in [-0.2, -0.15) is 0 Å². The summed E-state index contributed by atoms with van der Waals surface area (Å²) in [5.74, 6) is 1.69. The van der Waals surface area contributed by atoms with Crippen LogP contribution in [0.25, 0.3) is 17.1 Å². The standard InChI is InChI=1S/C19H19N3O4S/c1-24-15-10-9-13(11-16(15)25-2)18-20-21-19(27-12-17(23)26-3)22(18)14-7-5-4-6-8-14/h4-11H,12H2,1-3H3. The van der Waals surface area contributed by atoms with E-state index in [1.807, 2.05) is 53.1 Å². The number of carbonyl (C=O) groups excluding carboxylic acids is 1. The second-order valence-electron chi connectivity index (χ2n) is 5.41. The Labute approximate surface area is 161 Å². The number of carbonyl (C=O) groups is 1. The largest absolute Gasteiger partial charge is 0.493 e. The molecule has 7 nitrogen and oxygen atoms in total. The lowest BCUT2D eigenvalue weighted by molar-refractivity contribution is -0.137. The van der Waals surface area contributed by atoms with Gasteiger partial charge in [0.05, 0.1) is 27.1 Å². The molecule has 27 heavy (non-hydrogen) atoms. The van der Waals surface area contributed by atoms with Gasteiger partial charge in [-0.15, -0.1) is 10.2 Å². The SMILES string of the molecule is COC(=O)CSc1nnc(-c2ccc(OC)c(OC)c2)n1-c1ccccc1. The number of esters is 1. The molecule has 0 saturated carbocycles. The molecule has 8 heteroatoms. The second kappa shape index (κ2) is 8.59. The number of ether oxygens (including phenoxy) is 3. The monoisotopic (exact) mass is 385 g/mol. The summed E-state index contributed by atoms with van der Waals surface area (Å²) < 4.78 is 17.3. The molecule has 1 heterocycles. The normalized spacial score (nSPS) is 10.5. The Morgan fingerprint density at radius 3 is 2.41 bits per heavy atom. The van der Waals surface area contributed by atoms with Crippen molar-refractivity contribution in [1.29, 1.82) is 0 Å². The predicted molar refractivity (Wildman–Crippen MR) is 103 cm³/mol. The number of thioether (sulfide) groups is 1. The lowest BCUT2D eigenvalue weighted by Gasteiger charge is -2.12. The number of rotatable bonds is 7. The molecule has 0 fully saturated rings. The fraction of sp³-hybridized carbons (Fsp3) is 0.211. The summed E-state index contributed by atoms with van der Waals surface area (Å²) in [6, 6.07) is 15.3. The number of para-hydroxylation sites is 1. The number of hydrogen-bond donors (Lipinski definition) is 0. The van der Waals surface area contributed by atoms with Gasteiger partial charge < -0.3 is 14.2 Å². The molecular weight excluding hydrogens is 366 g/mol. The summed E-state index contributed by atoms with van der Waals surface area (Å²) in [5.41, 5.74) is 1.70. The smallest absolute Gasteiger partial charge is 0.316 e. The van der Waals surface area contributed by atoms with Crippen molar-refractivity contribution >= 4 is 17.7 Å². The van der Waals surface area contributed by atoms with Gasteiger partial charge in [-0.05, 0) is 30.3 Å². The topological polar surface area (TPSA) is 75.5 Å². The second-order valence-corrected chi connectivity index (χ2v) is 6.35. The van der Waals surface area contributed by atoms with Crippen molar-refractivity contribution in [3.63, 3.8) is 0 Å². The molecule has 0 aliphatic rings. The van der Waals surface area contributed by atoms with Crippen molar-refractivity contribution in [2.24, 2.45) is 0 Å². The molecule has 0 amide bonds. The Morgan fingerprint density at radius 1 is 1.00 bits per heavy atom. The van der Waals surface area contributed by atoms with Gasteiger partial charge in [0.25, 0.3) is 0 Å². The molecule has 0 N–H and O–H groups in total. The fourth-order valence-electron chi connectivity index (χ4n) is 2.52. The highest BCUT2D eigenvalue weighted by Crippen LogP contribution is 2.34. The van der Waals surface area contributed by atoms with Crippen LogP contribution in [0.5, 0.6) is 11.5 Å². The molecule has 0 bridgehead atoms. The van der Waals surface area contributed by atoms with E-state index in [-0.39, 0.29) is 11.7 Å². The van der Waals surface area contributed by atoms with Crippen LogP contribution in [0, 0.1) is 0 Å². The zero-order valence-corrected chi connectivity index (χ0v) is 16.0. The summed E-state index contributed by atoms with van der Waals surface area (Å²) >= 11 is 1.27. The van der Waals surface area contributed by atoms with Gasteiger partial charge in [-0.25, -0.2) is 0 Å². The maximum atomic E-state index is 11.5. The van der Waals surface area contributed by atoms with E-state index in [2.05, 4.69) is 10.2 Å². The van der Waals surface area contributed by atoms with Crippen LogP contribution in [0.2, 0.25) is 0 Å². The lowest BCUT2D eigenvalue weighted by Crippen LogP contribution is -2.05. The fourth-order valence-corrected chi connectivity index (χ4v) is 3.30. The Bertz CT molecular complexity index is 928. The van der Waals surface area contributed by atoms with Crippen LogP contribution < -0.4 is 9.47 Å². The van der Waals surface area contributed by atoms with Crippen molar-refractivity contribution in [2.45, 2.75) is 5.16 Å². The van der Waals surface area contributed by atoms with Crippen molar-refractivity contribution in [3.8, 4) is 28.6 Å². The minimum atomic E-state index is -0.324. The van der Waals surface area contributed by atoms with E-state index >= 15 is 0 Å². The number of benzene rings is 2. The Morgan fingerprint density at radius 2 is 1.74 bits per heavy atom. The van der Waals surface area contributed by atoms with Gasteiger partial charge in [-0.1, -0.05) is 30.0 Å². The van der Waals surface area contributed by atoms with E-state index in [9.17, 15) is 4.79 Å². The number of methoxy groups -OCH3 is 3. The van der Waals surface area contributed by atoms with Crippen LogP contribution >= 0.6 is 11.8 Å². The zero-order valence-electron chi connectivity index (χ0n) is 15.2. The molecule has 2 aromatic carbocycles. The van der Waals surface area contributed by atoms with E-state index in [0.717, 1.165) is 11.3 Å². The Hall–Kier alpha value is -3.00. The quantitative estimate of drug-likeness (QED) is 0.457. The third-order valence-corrected chi connectivity index (χ3v) is 4.74. The average molecular weight is 385 g/mol. The highest BCUT2D eigenvalue weighted by atomic mass is 32.2. The van der Waals surface area contributed by atoms with Crippen LogP contribution in [0.1, 0.15) is 0 Å². The summed E-state index contributed by atoms with van der Waals surface area (Å²) in [5, 5.41) is 9.20. The molecule has 1 aromatic heterocycles. The maximum absolute atomic E-state index is 11.5. The first-order valence-corrected chi connectivity index (χ1v) is 9.09.